The highest BCUT2D eigenvalue weighted by Crippen LogP contribution is 2.24. The molecule has 84 valence electrons. The molecule has 1 aromatic heterocycles. The molecule has 0 unspecified atom stereocenters. The number of hydrogen-bond acceptors (Lipinski definition) is 3. The number of hydrogen-bond donors (Lipinski definition) is 1. The van der Waals surface area contributed by atoms with Gasteiger partial charge in [-0.2, -0.15) is 0 Å². The Balaban J connectivity index is 2.58. The third kappa shape index (κ3) is 1.76. The number of rotatable bonds is 2. The molecule has 16 heavy (non-hydrogen) atoms. The molecule has 4 nitrogen and oxygen atoms in total. The quantitative estimate of drug-likeness (QED) is 0.790. The van der Waals surface area contributed by atoms with Gasteiger partial charge in [-0.3, -0.25) is 0 Å². The van der Waals surface area contributed by atoms with E-state index in [1.165, 1.54) is 12.1 Å². The van der Waals surface area contributed by atoms with Crippen LogP contribution in [0.2, 0.25) is 0 Å². The average Bonchev–Trinajstić information content (AvgIpc) is 2.70. The number of nitrogens with two attached hydrogens (primary N) is 1. The zero-order valence-electron chi connectivity index (χ0n) is 9.18. The van der Waals surface area contributed by atoms with Crippen LogP contribution in [0.3, 0.4) is 0 Å². The summed E-state index contributed by atoms with van der Waals surface area (Å²) in [4.78, 5) is 0. The van der Waals surface area contributed by atoms with Gasteiger partial charge in [-0.25, -0.2) is 4.39 Å². The maximum Gasteiger partial charge on any atom is 0.167 e. The molecule has 5 heteroatoms. The van der Waals surface area contributed by atoms with Crippen molar-refractivity contribution in [2.45, 2.75) is 19.9 Å². The van der Waals surface area contributed by atoms with Crippen LogP contribution in [0.25, 0.3) is 11.4 Å². The SMILES string of the molecule is CC(C)n1cnnc1-c1cc(N)ccc1F. The molecule has 2 N–H and O–H groups in total. The zero-order valence-corrected chi connectivity index (χ0v) is 9.18. The van der Waals surface area contributed by atoms with E-state index in [0.717, 1.165) is 0 Å². The number of halogens is 1. The zero-order chi connectivity index (χ0) is 11.7. The van der Waals surface area contributed by atoms with E-state index in [4.69, 9.17) is 5.73 Å². The summed E-state index contributed by atoms with van der Waals surface area (Å²) in [5.41, 5.74) is 6.53. The molecule has 0 amide bonds. The molecule has 0 atom stereocenters. The first-order chi connectivity index (χ1) is 7.59. The van der Waals surface area contributed by atoms with Crippen molar-refractivity contribution < 1.29 is 4.39 Å². The smallest absolute Gasteiger partial charge is 0.167 e. The Hall–Kier alpha value is -1.91. The maximum atomic E-state index is 13.6. The van der Waals surface area contributed by atoms with Crippen LogP contribution < -0.4 is 5.73 Å². The Bertz CT molecular complexity index is 504. The molecule has 0 saturated heterocycles. The van der Waals surface area contributed by atoms with Gasteiger partial charge in [0.05, 0.1) is 5.56 Å². The van der Waals surface area contributed by atoms with Gasteiger partial charge in [0.1, 0.15) is 12.1 Å². The van der Waals surface area contributed by atoms with Crippen molar-refractivity contribution in [3.8, 4) is 11.4 Å². The summed E-state index contributed by atoms with van der Waals surface area (Å²) in [6.45, 7) is 3.97. The minimum absolute atomic E-state index is 0.172. The Kier molecular flexibility index (Phi) is 2.60. The van der Waals surface area contributed by atoms with Crippen molar-refractivity contribution in [1.82, 2.24) is 14.8 Å². The molecule has 0 aliphatic carbocycles. The molecule has 0 bridgehead atoms. The van der Waals surface area contributed by atoms with Crippen molar-refractivity contribution in [2.24, 2.45) is 0 Å². The van der Waals surface area contributed by atoms with E-state index in [2.05, 4.69) is 10.2 Å². The minimum Gasteiger partial charge on any atom is -0.399 e. The van der Waals surface area contributed by atoms with Gasteiger partial charge in [-0.05, 0) is 32.0 Å². The molecule has 0 spiro atoms. The molecule has 0 radical (unpaired) electrons. The van der Waals surface area contributed by atoms with Crippen LogP contribution in [-0.2, 0) is 0 Å². The number of nitrogen functional groups attached to an aromatic ring is 1. The van der Waals surface area contributed by atoms with Gasteiger partial charge in [-0.15, -0.1) is 10.2 Å². The second kappa shape index (κ2) is 3.92. The Labute approximate surface area is 92.9 Å². The number of anilines is 1. The second-order valence-corrected chi connectivity index (χ2v) is 3.89. The molecule has 0 saturated carbocycles. The lowest BCUT2D eigenvalue weighted by molar-refractivity contribution is 0.594. The third-order valence-corrected chi connectivity index (χ3v) is 2.36. The van der Waals surface area contributed by atoms with Crippen molar-refractivity contribution >= 4 is 5.69 Å². The van der Waals surface area contributed by atoms with Crippen LogP contribution in [0.15, 0.2) is 24.5 Å². The molecular formula is C11H13FN4. The summed E-state index contributed by atoms with van der Waals surface area (Å²) >= 11 is 0. The molecular weight excluding hydrogens is 207 g/mol. The lowest BCUT2D eigenvalue weighted by Crippen LogP contribution is -2.03. The Morgan fingerprint density at radius 3 is 2.81 bits per heavy atom. The lowest BCUT2D eigenvalue weighted by Gasteiger charge is -2.10. The summed E-state index contributed by atoms with van der Waals surface area (Å²) in [5.74, 6) is 0.156. The highest BCUT2D eigenvalue weighted by molar-refractivity contribution is 5.62. The average molecular weight is 220 g/mol. The highest BCUT2D eigenvalue weighted by Gasteiger charge is 2.13. The third-order valence-electron chi connectivity index (χ3n) is 2.36. The lowest BCUT2D eigenvalue weighted by atomic mass is 10.1. The molecule has 2 rings (SSSR count). The normalized spacial score (nSPS) is 11.0. The van der Waals surface area contributed by atoms with E-state index in [1.807, 2.05) is 13.8 Å². The summed E-state index contributed by atoms with van der Waals surface area (Å²) in [6, 6.07) is 4.60. The molecule has 0 fully saturated rings. The number of nitrogens with zero attached hydrogens (tertiary/aromatic N) is 3. The molecule has 0 aliphatic heterocycles. The van der Waals surface area contributed by atoms with E-state index < -0.39 is 0 Å². The topological polar surface area (TPSA) is 56.7 Å². The van der Waals surface area contributed by atoms with E-state index in [0.29, 0.717) is 17.1 Å². The fourth-order valence-corrected chi connectivity index (χ4v) is 1.53. The predicted octanol–water partition coefficient (Wildman–Crippen LogP) is 2.25. The summed E-state index contributed by atoms with van der Waals surface area (Å²) in [5, 5.41) is 7.72. The van der Waals surface area contributed by atoms with Gasteiger partial charge in [0.25, 0.3) is 0 Å². The van der Waals surface area contributed by atoms with Crippen molar-refractivity contribution in [3.05, 3.63) is 30.3 Å². The van der Waals surface area contributed by atoms with Gasteiger partial charge in [0.2, 0.25) is 0 Å². The largest absolute Gasteiger partial charge is 0.399 e. The molecule has 0 aliphatic rings. The summed E-state index contributed by atoms with van der Waals surface area (Å²) in [6.07, 6.45) is 1.59. The maximum absolute atomic E-state index is 13.6. The fraction of sp³-hybridized carbons (Fsp3) is 0.273. The van der Waals surface area contributed by atoms with Crippen LogP contribution in [0, 0.1) is 5.82 Å². The first-order valence-electron chi connectivity index (χ1n) is 5.04. The highest BCUT2D eigenvalue weighted by atomic mass is 19.1. The first kappa shape index (κ1) is 10.6. The van der Waals surface area contributed by atoms with E-state index in [1.54, 1.807) is 17.0 Å². The number of aromatic nitrogens is 3. The van der Waals surface area contributed by atoms with Gasteiger partial charge < -0.3 is 10.3 Å². The molecule has 1 heterocycles. The van der Waals surface area contributed by atoms with Crippen LogP contribution in [0.5, 0.6) is 0 Å². The van der Waals surface area contributed by atoms with Gasteiger partial charge >= 0.3 is 0 Å². The van der Waals surface area contributed by atoms with Crippen LogP contribution in [0.4, 0.5) is 10.1 Å². The fourth-order valence-electron chi connectivity index (χ4n) is 1.53. The monoisotopic (exact) mass is 220 g/mol. The molecule has 1 aromatic carbocycles. The summed E-state index contributed by atoms with van der Waals surface area (Å²) < 4.78 is 15.4. The number of benzene rings is 1. The van der Waals surface area contributed by atoms with Gasteiger partial charge in [0, 0.05) is 11.7 Å². The van der Waals surface area contributed by atoms with Crippen molar-refractivity contribution in [2.75, 3.05) is 5.73 Å². The van der Waals surface area contributed by atoms with Crippen LogP contribution >= 0.6 is 0 Å². The van der Waals surface area contributed by atoms with Crippen molar-refractivity contribution in [3.63, 3.8) is 0 Å². The predicted molar refractivity (Wildman–Crippen MR) is 60.2 cm³/mol. The van der Waals surface area contributed by atoms with Gasteiger partial charge in [0.15, 0.2) is 5.82 Å². The Morgan fingerprint density at radius 2 is 2.12 bits per heavy atom. The molecule has 2 aromatic rings. The summed E-state index contributed by atoms with van der Waals surface area (Å²) in [7, 11) is 0. The van der Waals surface area contributed by atoms with E-state index in [-0.39, 0.29) is 11.9 Å². The minimum atomic E-state index is -0.343. The van der Waals surface area contributed by atoms with Crippen molar-refractivity contribution in [1.29, 1.82) is 0 Å². The van der Waals surface area contributed by atoms with Gasteiger partial charge in [-0.1, -0.05) is 0 Å². The Morgan fingerprint density at radius 1 is 1.38 bits per heavy atom. The first-order valence-corrected chi connectivity index (χ1v) is 5.04. The van der Waals surface area contributed by atoms with E-state index >= 15 is 0 Å². The van der Waals surface area contributed by atoms with E-state index in [9.17, 15) is 4.39 Å². The standard InChI is InChI=1S/C11H13FN4/c1-7(2)16-6-14-15-11(16)9-5-8(13)3-4-10(9)12/h3-7H,13H2,1-2H3. The van der Waals surface area contributed by atoms with Crippen LogP contribution in [0.1, 0.15) is 19.9 Å². The second-order valence-electron chi connectivity index (χ2n) is 3.89. The van der Waals surface area contributed by atoms with Crippen LogP contribution in [-0.4, -0.2) is 14.8 Å².